The number of ether oxygens (including phenoxy) is 1. The normalized spacial score (nSPS) is 10.5. The Morgan fingerprint density at radius 2 is 1.76 bits per heavy atom. The molecule has 0 saturated heterocycles. The molecule has 1 N–H and O–H groups in total. The maximum absolute atomic E-state index is 10.9. The van der Waals surface area contributed by atoms with Crippen LogP contribution in [-0.2, 0) is 0 Å². The van der Waals surface area contributed by atoms with Crippen LogP contribution in [0, 0.1) is 17.0 Å². The summed E-state index contributed by atoms with van der Waals surface area (Å²) in [5.74, 6) is 2.26. The Kier molecular flexibility index (Phi) is 4.85. The molecule has 9 heteroatoms. The first-order valence-electron chi connectivity index (χ1n) is 8.72. The highest BCUT2D eigenvalue weighted by Gasteiger charge is 2.12. The maximum Gasteiger partial charge on any atom is 0.307 e. The molecule has 29 heavy (non-hydrogen) atoms. The van der Waals surface area contributed by atoms with Crippen molar-refractivity contribution in [2.75, 3.05) is 5.32 Å². The number of para-hydroxylation sites is 1. The molecule has 9 nitrogen and oxygen atoms in total. The van der Waals surface area contributed by atoms with Crippen molar-refractivity contribution in [1.29, 1.82) is 0 Å². The van der Waals surface area contributed by atoms with Gasteiger partial charge in [0.15, 0.2) is 0 Å². The summed E-state index contributed by atoms with van der Waals surface area (Å²) < 4.78 is 7.05. The van der Waals surface area contributed by atoms with Crippen molar-refractivity contribution in [1.82, 2.24) is 19.7 Å². The minimum atomic E-state index is -0.516. The second kappa shape index (κ2) is 7.77. The molecule has 0 bridgehead atoms. The Morgan fingerprint density at radius 3 is 2.45 bits per heavy atom. The van der Waals surface area contributed by atoms with Crippen LogP contribution in [0.25, 0.3) is 5.95 Å². The topological polar surface area (TPSA) is 108 Å². The number of rotatable bonds is 6. The van der Waals surface area contributed by atoms with E-state index in [4.69, 9.17) is 4.74 Å². The second-order valence-corrected chi connectivity index (χ2v) is 6.16. The number of nitrogens with zero attached hydrogens (tertiary/aromatic N) is 5. The number of hydrogen-bond donors (Lipinski definition) is 1. The third-order valence-electron chi connectivity index (χ3n) is 3.93. The minimum Gasteiger partial charge on any atom is -0.457 e. The predicted octanol–water partition coefficient (Wildman–Crippen LogP) is 4.41. The first kappa shape index (κ1) is 18.1. The number of nitrogens with one attached hydrogen (secondary N) is 1. The number of nitro groups is 1. The van der Waals surface area contributed by atoms with Gasteiger partial charge in [0.05, 0.1) is 4.92 Å². The lowest BCUT2D eigenvalue weighted by Crippen LogP contribution is -2.05. The highest BCUT2D eigenvalue weighted by Crippen LogP contribution is 2.24. The molecule has 0 radical (unpaired) electrons. The van der Waals surface area contributed by atoms with Crippen LogP contribution in [0.2, 0.25) is 0 Å². The molecule has 0 aliphatic heterocycles. The van der Waals surface area contributed by atoms with Gasteiger partial charge in [-0.3, -0.25) is 10.1 Å². The van der Waals surface area contributed by atoms with E-state index in [1.54, 1.807) is 6.07 Å². The monoisotopic (exact) mass is 388 g/mol. The highest BCUT2D eigenvalue weighted by molar-refractivity contribution is 5.58. The number of benzene rings is 2. The van der Waals surface area contributed by atoms with Crippen LogP contribution in [0.5, 0.6) is 11.5 Å². The van der Waals surface area contributed by atoms with E-state index < -0.39 is 4.92 Å². The van der Waals surface area contributed by atoms with Crippen molar-refractivity contribution in [3.05, 3.63) is 88.9 Å². The van der Waals surface area contributed by atoms with E-state index in [0.29, 0.717) is 17.3 Å². The first-order valence-corrected chi connectivity index (χ1v) is 8.72. The fourth-order valence-corrected chi connectivity index (χ4v) is 2.62. The van der Waals surface area contributed by atoms with Gasteiger partial charge in [0.1, 0.15) is 29.7 Å². The summed E-state index contributed by atoms with van der Waals surface area (Å²) in [6.07, 6.45) is 2.43. The number of anilines is 2. The molecule has 4 rings (SSSR count). The average Bonchev–Trinajstić information content (AvgIpc) is 3.21. The van der Waals surface area contributed by atoms with E-state index in [2.05, 4.69) is 20.4 Å². The largest absolute Gasteiger partial charge is 0.457 e. The zero-order chi connectivity index (χ0) is 20.2. The summed E-state index contributed by atoms with van der Waals surface area (Å²) in [7, 11) is 0. The predicted molar refractivity (Wildman–Crippen MR) is 107 cm³/mol. The Hall–Kier alpha value is -4.27. The van der Waals surface area contributed by atoms with Gasteiger partial charge >= 0.3 is 5.69 Å². The van der Waals surface area contributed by atoms with E-state index >= 15 is 0 Å². The lowest BCUT2D eigenvalue weighted by molar-refractivity contribution is -0.384. The molecule has 0 aliphatic carbocycles. The van der Waals surface area contributed by atoms with E-state index in [1.165, 1.54) is 10.9 Å². The quantitative estimate of drug-likeness (QED) is 0.385. The summed E-state index contributed by atoms with van der Waals surface area (Å²) >= 11 is 0. The zero-order valence-electron chi connectivity index (χ0n) is 15.4. The van der Waals surface area contributed by atoms with Crippen molar-refractivity contribution in [3.8, 4) is 17.4 Å². The molecule has 0 atom stereocenters. The minimum absolute atomic E-state index is 0.126. The fraction of sp³-hybridized carbons (Fsp3) is 0.0500. The van der Waals surface area contributed by atoms with Crippen molar-refractivity contribution >= 4 is 17.2 Å². The molecule has 0 aliphatic rings. The van der Waals surface area contributed by atoms with Crippen molar-refractivity contribution in [3.63, 3.8) is 0 Å². The molecular formula is C20H16N6O3. The van der Waals surface area contributed by atoms with Crippen molar-refractivity contribution in [2.45, 2.75) is 6.92 Å². The summed E-state index contributed by atoms with van der Waals surface area (Å²) in [5.41, 5.74) is 1.37. The van der Waals surface area contributed by atoms with Gasteiger partial charge in [0.25, 0.3) is 5.95 Å². The molecular weight excluding hydrogens is 372 g/mol. The van der Waals surface area contributed by atoms with Crippen LogP contribution in [0.3, 0.4) is 0 Å². The van der Waals surface area contributed by atoms with Crippen LogP contribution >= 0.6 is 0 Å². The average molecular weight is 388 g/mol. The molecule has 2 aromatic heterocycles. The van der Waals surface area contributed by atoms with Gasteiger partial charge in [0.2, 0.25) is 0 Å². The first-order chi connectivity index (χ1) is 14.1. The van der Waals surface area contributed by atoms with E-state index in [0.717, 1.165) is 17.6 Å². The Bertz CT molecular complexity index is 1140. The number of aromatic nitrogens is 4. The van der Waals surface area contributed by atoms with Gasteiger partial charge in [-0.25, -0.2) is 4.98 Å². The Balaban J connectivity index is 1.51. The number of aryl methyl sites for hydroxylation is 1. The molecule has 0 amide bonds. The van der Waals surface area contributed by atoms with Gasteiger partial charge in [-0.05, 0) is 43.3 Å². The molecule has 2 heterocycles. The van der Waals surface area contributed by atoms with Crippen LogP contribution in [-0.4, -0.2) is 24.7 Å². The summed E-state index contributed by atoms with van der Waals surface area (Å²) in [5, 5.41) is 18.0. The fourth-order valence-electron chi connectivity index (χ4n) is 2.62. The van der Waals surface area contributed by atoms with Crippen molar-refractivity contribution in [2.24, 2.45) is 0 Å². The lowest BCUT2D eigenvalue weighted by atomic mass is 10.3. The van der Waals surface area contributed by atoms with Crippen LogP contribution in [0.1, 0.15) is 5.69 Å². The molecule has 4 aromatic rings. The van der Waals surface area contributed by atoms with E-state index in [1.807, 2.05) is 61.5 Å². The van der Waals surface area contributed by atoms with Crippen LogP contribution < -0.4 is 10.1 Å². The Morgan fingerprint density at radius 1 is 1.03 bits per heavy atom. The van der Waals surface area contributed by atoms with Crippen LogP contribution in [0.15, 0.2) is 73.1 Å². The van der Waals surface area contributed by atoms with Gasteiger partial charge in [-0.15, -0.1) is 0 Å². The molecule has 2 aromatic carbocycles. The summed E-state index contributed by atoms with van der Waals surface area (Å²) in [4.78, 5) is 19.0. The van der Waals surface area contributed by atoms with Crippen molar-refractivity contribution < 1.29 is 9.66 Å². The SMILES string of the molecule is Cc1cc(Nc2ccc(Oc3ccccc3)cc2)nc(-n2cc([N+](=O)[O-])cn2)n1. The van der Waals surface area contributed by atoms with Gasteiger partial charge < -0.3 is 10.1 Å². The van der Waals surface area contributed by atoms with E-state index in [9.17, 15) is 10.1 Å². The summed E-state index contributed by atoms with van der Waals surface area (Å²) in [6, 6.07) is 18.7. The van der Waals surface area contributed by atoms with Crippen LogP contribution in [0.4, 0.5) is 17.2 Å². The van der Waals surface area contributed by atoms with Gasteiger partial charge in [0, 0.05) is 17.4 Å². The highest BCUT2D eigenvalue weighted by atomic mass is 16.6. The molecule has 144 valence electrons. The van der Waals surface area contributed by atoms with Gasteiger partial charge in [-0.1, -0.05) is 18.2 Å². The lowest BCUT2D eigenvalue weighted by Gasteiger charge is -2.10. The Labute approximate surface area is 165 Å². The second-order valence-electron chi connectivity index (χ2n) is 6.16. The third-order valence-corrected chi connectivity index (χ3v) is 3.93. The molecule has 0 unspecified atom stereocenters. The molecule has 0 saturated carbocycles. The zero-order valence-corrected chi connectivity index (χ0v) is 15.4. The molecule has 0 spiro atoms. The van der Waals surface area contributed by atoms with Gasteiger partial charge in [-0.2, -0.15) is 14.8 Å². The standard InChI is InChI=1S/C20H16N6O3/c1-14-11-19(24-20(22-14)25-13-16(12-21-25)26(27)28)23-15-7-9-18(10-8-15)29-17-5-3-2-4-6-17/h2-13H,1H3,(H,22,23,24). The summed E-state index contributed by atoms with van der Waals surface area (Å²) in [6.45, 7) is 1.81. The third kappa shape index (κ3) is 4.35. The van der Waals surface area contributed by atoms with E-state index in [-0.39, 0.29) is 11.6 Å². The number of hydrogen-bond acceptors (Lipinski definition) is 7. The smallest absolute Gasteiger partial charge is 0.307 e. The molecule has 0 fully saturated rings. The maximum atomic E-state index is 10.9.